The normalized spacial score (nSPS) is 16.2. The van der Waals surface area contributed by atoms with E-state index in [9.17, 15) is 9.90 Å². The SMILES string of the molecule is O=c1oc2ccccc2c(O)c1CCCOC1CCCCC1. The van der Waals surface area contributed by atoms with Gasteiger partial charge in [-0.1, -0.05) is 31.4 Å². The zero-order valence-electron chi connectivity index (χ0n) is 12.7. The molecular formula is C18H22O4. The molecule has 0 amide bonds. The van der Waals surface area contributed by atoms with Crippen molar-refractivity contribution in [1.29, 1.82) is 0 Å². The van der Waals surface area contributed by atoms with Crippen LogP contribution in [-0.4, -0.2) is 17.8 Å². The Balaban J connectivity index is 1.62. The lowest BCUT2D eigenvalue weighted by atomic mass is 9.98. The third kappa shape index (κ3) is 3.33. The Labute approximate surface area is 129 Å². The Hall–Kier alpha value is -1.81. The summed E-state index contributed by atoms with van der Waals surface area (Å²) in [5, 5.41) is 10.9. The lowest BCUT2D eigenvalue weighted by Crippen LogP contribution is -2.18. The summed E-state index contributed by atoms with van der Waals surface area (Å²) in [6.45, 7) is 0.621. The molecule has 0 atom stereocenters. The van der Waals surface area contributed by atoms with Crippen LogP contribution in [0, 0.1) is 0 Å². The number of hydrogen-bond donors (Lipinski definition) is 1. The molecular weight excluding hydrogens is 280 g/mol. The fraction of sp³-hybridized carbons (Fsp3) is 0.500. The van der Waals surface area contributed by atoms with E-state index in [4.69, 9.17) is 9.15 Å². The van der Waals surface area contributed by atoms with Gasteiger partial charge in [-0.3, -0.25) is 0 Å². The first kappa shape index (κ1) is 15.1. The van der Waals surface area contributed by atoms with Crippen molar-refractivity contribution in [2.45, 2.75) is 51.0 Å². The second-order valence-electron chi connectivity index (χ2n) is 5.95. The Kier molecular flexibility index (Phi) is 4.78. The third-order valence-corrected chi connectivity index (χ3v) is 4.35. The largest absolute Gasteiger partial charge is 0.507 e. The molecule has 2 aromatic rings. The summed E-state index contributed by atoms with van der Waals surface area (Å²) >= 11 is 0. The van der Waals surface area contributed by atoms with Gasteiger partial charge in [-0.25, -0.2) is 4.79 Å². The number of hydrogen-bond acceptors (Lipinski definition) is 4. The first-order chi connectivity index (χ1) is 10.8. The summed E-state index contributed by atoms with van der Waals surface area (Å²) in [5.74, 6) is 0.0458. The fourth-order valence-electron chi connectivity index (χ4n) is 3.12. The predicted molar refractivity (Wildman–Crippen MR) is 85.3 cm³/mol. The van der Waals surface area contributed by atoms with Crippen molar-refractivity contribution in [2.75, 3.05) is 6.61 Å². The number of aromatic hydroxyl groups is 1. The summed E-state index contributed by atoms with van der Waals surface area (Å²) in [6, 6.07) is 7.04. The van der Waals surface area contributed by atoms with Crippen LogP contribution in [0.2, 0.25) is 0 Å². The number of rotatable bonds is 5. The molecule has 0 radical (unpaired) electrons. The zero-order chi connectivity index (χ0) is 15.4. The monoisotopic (exact) mass is 302 g/mol. The quantitative estimate of drug-likeness (QED) is 0.674. The van der Waals surface area contributed by atoms with E-state index >= 15 is 0 Å². The first-order valence-electron chi connectivity index (χ1n) is 8.11. The predicted octanol–water partition coefficient (Wildman–Crippen LogP) is 3.78. The molecule has 1 aromatic carbocycles. The highest BCUT2D eigenvalue weighted by Crippen LogP contribution is 2.27. The lowest BCUT2D eigenvalue weighted by molar-refractivity contribution is 0.0272. The molecule has 1 aliphatic rings. The summed E-state index contributed by atoms with van der Waals surface area (Å²) in [6.07, 6.45) is 7.66. The third-order valence-electron chi connectivity index (χ3n) is 4.35. The Morgan fingerprint density at radius 3 is 2.77 bits per heavy atom. The highest BCUT2D eigenvalue weighted by molar-refractivity contribution is 5.83. The van der Waals surface area contributed by atoms with E-state index in [0.29, 0.717) is 42.1 Å². The molecule has 0 aliphatic heterocycles. The van der Waals surface area contributed by atoms with Crippen molar-refractivity contribution in [1.82, 2.24) is 0 Å². The Bertz CT molecular complexity index is 683. The smallest absolute Gasteiger partial charge is 0.343 e. The summed E-state index contributed by atoms with van der Waals surface area (Å²) in [7, 11) is 0. The minimum absolute atomic E-state index is 0.0458. The minimum atomic E-state index is -0.450. The van der Waals surface area contributed by atoms with Crippen molar-refractivity contribution >= 4 is 11.0 Å². The maximum atomic E-state index is 12.0. The molecule has 0 saturated heterocycles. The van der Waals surface area contributed by atoms with E-state index < -0.39 is 5.63 Å². The van der Waals surface area contributed by atoms with Gasteiger partial charge in [0.25, 0.3) is 0 Å². The topological polar surface area (TPSA) is 59.7 Å². The minimum Gasteiger partial charge on any atom is -0.507 e. The standard InChI is InChI=1S/C18H22O4/c19-17-14-9-4-5-11-16(14)22-18(20)15(17)10-6-12-21-13-7-2-1-3-8-13/h4-5,9,11,13,19H,1-3,6-8,10,12H2. The van der Waals surface area contributed by atoms with Gasteiger partial charge in [0.1, 0.15) is 11.3 Å². The fourth-order valence-corrected chi connectivity index (χ4v) is 3.12. The van der Waals surface area contributed by atoms with Gasteiger partial charge in [0.2, 0.25) is 0 Å². The van der Waals surface area contributed by atoms with Gasteiger partial charge < -0.3 is 14.3 Å². The number of fused-ring (bicyclic) bond motifs is 1. The van der Waals surface area contributed by atoms with E-state index in [1.54, 1.807) is 18.2 Å². The van der Waals surface area contributed by atoms with E-state index in [1.165, 1.54) is 19.3 Å². The maximum Gasteiger partial charge on any atom is 0.343 e. The summed E-state index contributed by atoms with van der Waals surface area (Å²) in [4.78, 5) is 12.0. The van der Waals surface area contributed by atoms with Crippen LogP contribution < -0.4 is 5.63 Å². The average Bonchev–Trinajstić information content (AvgIpc) is 2.55. The molecule has 1 aromatic heterocycles. The average molecular weight is 302 g/mol. The molecule has 118 valence electrons. The molecule has 0 unspecified atom stereocenters. The molecule has 4 heteroatoms. The molecule has 0 bridgehead atoms. The molecule has 1 fully saturated rings. The lowest BCUT2D eigenvalue weighted by Gasteiger charge is -2.21. The van der Waals surface area contributed by atoms with Gasteiger partial charge in [0.15, 0.2) is 0 Å². The van der Waals surface area contributed by atoms with Crippen LogP contribution in [0.25, 0.3) is 11.0 Å². The van der Waals surface area contributed by atoms with Gasteiger partial charge in [-0.2, -0.15) is 0 Å². The van der Waals surface area contributed by atoms with Gasteiger partial charge in [-0.05, 0) is 37.8 Å². The van der Waals surface area contributed by atoms with Crippen molar-refractivity contribution < 1.29 is 14.3 Å². The van der Waals surface area contributed by atoms with Gasteiger partial charge >= 0.3 is 5.63 Å². The van der Waals surface area contributed by atoms with E-state index in [2.05, 4.69) is 0 Å². The first-order valence-corrected chi connectivity index (χ1v) is 8.11. The van der Waals surface area contributed by atoms with Gasteiger partial charge in [-0.15, -0.1) is 0 Å². The van der Waals surface area contributed by atoms with E-state index in [1.807, 2.05) is 6.07 Å². The van der Waals surface area contributed by atoms with Crippen LogP contribution in [-0.2, 0) is 11.2 Å². The molecule has 1 heterocycles. The molecule has 1 aliphatic carbocycles. The van der Waals surface area contributed by atoms with E-state index in [-0.39, 0.29) is 5.75 Å². The Morgan fingerprint density at radius 1 is 1.18 bits per heavy atom. The highest BCUT2D eigenvalue weighted by Gasteiger charge is 2.15. The number of ether oxygens (including phenoxy) is 1. The van der Waals surface area contributed by atoms with Gasteiger partial charge in [0.05, 0.1) is 17.1 Å². The van der Waals surface area contributed by atoms with Crippen molar-refractivity contribution in [3.05, 3.63) is 40.2 Å². The second kappa shape index (κ2) is 6.97. The second-order valence-corrected chi connectivity index (χ2v) is 5.95. The molecule has 3 rings (SSSR count). The number of benzene rings is 1. The molecule has 22 heavy (non-hydrogen) atoms. The zero-order valence-corrected chi connectivity index (χ0v) is 12.7. The van der Waals surface area contributed by atoms with Crippen LogP contribution in [0.3, 0.4) is 0 Å². The van der Waals surface area contributed by atoms with Crippen molar-refractivity contribution in [2.24, 2.45) is 0 Å². The number of para-hydroxylation sites is 1. The van der Waals surface area contributed by atoms with Crippen molar-refractivity contribution in [3.8, 4) is 5.75 Å². The summed E-state index contributed by atoms with van der Waals surface area (Å²) in [5.41, 5.74) is 0.326. The highest BCUT2D eigenvalue weighted by atomic mass is 16.5. The van der Waals surface area contributed by atoms with Crippen molar-refractivity contribution in [3.63, 3.8) is 0 Å². The van der Waals surface area contributed by atoms with Crippen LogP contribution in [0.1, 0.15) is 44.1 Å². The van der Waals surface area contributed by atoms with Crippen LogP contribution in [0.4, 0.5) is 0 Å². The van der Waals surface area contributed by atoms with Gasteiger partial charge in [0, 0.05) is 6.61 Å². The van der Waals surface area contributed by atoms with Crippen LogP contribution in [0.5, 0.6) is 5.75 Å². The Morgan fingerprint density at radius 2 is 1.95 bits per heavy atom. The summed E-state index contributed by atoms with van der Waals surface area (Å²) < 4.78 is 11.1. The van der Waals surface area contributed by atoms with E-state index in [0.717, 1.165) is 12.8 Å². The molecule has 4 nitrogen and oxygen atoms in total. The molecule has 0 spiro atoms. The van der Waals surface area contributed by atoms with Crippen LogP contribution in [0.15, 0.2) is 33.5 Å². The molecule has 1 N–H and O–H groups in total. The molecule has 1 saturated carbocycles. The van der Waals surface area contributed by atoms with Crippen LogP contribution >= 0.6 is 0 Å². The maximum absolute atomic E-state index is 12.0.